The zero-order valence-corrected chi connectivity index (χ0v) is 39.6. The van der Waals surface area contributed by atoms with Gasteiger partial charge in [0.05, 0.1) is 32.8 Å². The van der Waals surface area contributed by atoms with Crippen LogP contribution in [0.2, 0.25) is 0 Å². The number of carbonyl (C=O) groups is 5. The van der Waals surface area contributed by atoms with Gasteiger partial charge in [0.15, 0.2) is 5.78 Å². The second-order valence-corrected chi connectivity index (χ2v) is 20.3. The molecule has 1 atom stereocenters. The van der Waals surface area contributed by atoms with Crippen molar-refractivity contribution in [2.45, 2.75) is 133 Å². The molecule has 0 saturated heterocycles. The highest BCUT2D eigenvalue weighted by Gasteiger charge is 2.26. The number of benzene rings is 1. The van der Waals surface area contributed by atoms with Crippen LogP contribution in [0.1, 0.15) is 113 Å². The maximum absolute atomic E-state index is 13.6. The Hall–Kier alpha value is -4.04. The van der Waals surface area contributed by atoms with Crippen molar-refractivity contribution < 1.29 is 42.9 Å². The van der Waals surface area contributed by atoms with E-state index >= 15 is 0 Å². The molecule has 0 bridgehead atoms. The first kappa shape index (κ1) is 53.1. The fraction of sp³-hybridized carbons (Fsp3) is 0.667. The fourth-order valence-electron chi connectivity index (χ4n) is 6.42. The lowest BCUT2D eigenvalue weighted by Gasteiger charge is -2.33. The maximum Gasteiger partial charge on any atom is 0.320 e. The lowest BCUT2D eigenvalue weighted by atomic mass is 9.96. The van der Waals surface area contributed by atoms with Crippen molar-refractivity contribution in [1.29, 1.82) is 0 Å². The summed E-state index contributed by atoms with van der Waals surface area (Å²) in [6, 6.07) is 11.7. The molecule has 1 heterocycles. The van der Waals surface area contributed by atoms with Gasteiger partial charge in [-0.2, -0.15) is 0 Å². The molecule has 0 radical (unpaired) electrons. The van der Waals surface area contributed by atoms with Crippen molar-refractivity contribution >= 4 is 29.5 Å². The molecule has 2 rings (SSSR count). The normalized spacial score (nSPS) is 13.0. The minimum Gasteiger partial charge on any atom is -0.459 e. The number of aryl methyl sites for hydroxylation is 1. The van der Waals surface area contributed by atoms with Gasteiger partial charge >= 0.3 is 17.9 Å². The fourth-order valence-corrected chi connectivity index (χ4v) is 6.42. The minimum absolute atomic E-state index is 0.0307. The van der Waals surface area contributed by atoms with Gasteiger partial charge in [-0.25, -0.2) is 0 Å². The first-order valence-corrected chi connectivity index (χ1v) is 21.6. The number of hydrogen-bond donors (Lipinski definition) is 0. The van der Waals surface area contributed by atoms with Crippen molar-refractivity contribution in [3.8, 4) is 0 Å². The Balaban J connectivity index is 2.14. The molecule has 0 fully saturated rings. The van der Waals surface area contributed by atoms with E-state index in [0.29, 0.717) is 52.0 Å². The Morgan fingerprint density at radius 3 is 1.56 bits per heavy atom. The second-order valence-electron chi connectivity index (χ2n) is 20.3. The van der Waals surface area contributed by atoms with Gasteiger partial charge in [0.25, 0.3) is 0 Å². The molecule has 0 N–H and O–H groups in total. The van der Waals surface area contributed by atoms with Crippen LogP contribution >= 0.6 is 0 Å². The largest absolute Gasteiger partial charge is 0.459 e. The molecule has 0 unspecified atom stereocenters. The van der Waals surface area contributed by atoms with Crippen LogP contribution in [0, 0.1) is 11.3 Å². The summed E-state index contributed by atoms with van der Waals surface area (Å²) in [6.45, 7) is 27.0. The van der Waals surface area contributed by atoms with Gasteiger partial charge < -0.3 is 18.9 Å². The zero-order valence-electron chi connectivity index (χ0n) is 39.6. The zero-order chi connectivity index (χ0) is 46.0. The number of Topliss-reactive ketones (excluding diaryl/α,β-unsaturated/α-hetero) is 2. The van der Waals surface area contributed by atoms with E-state index in [4.69, 9.17) is 18.9 Å². The number of esters is 3. The molecule has 1 aromatic carbocycles. The van der Waals surface area contributed by atoms with Gasteiger partial charge in [0.2, 0.25) is 0 Å². The first-order valence-electron chi connectivity index (χ1n) is 21.6. The average molecular weight is 853 g/mol. The Morgan fingerprint density at radius 1 is 0.607 bits per heavy atom. The summed E-state index contributed by atoms with van der Waals surface area (Å²) >= 11 is 0. The molecule has 1 aromatic heterocycles. The van der Waals surface area contributed by atoms with Crippen molar-refractivity contribution in [3.05, 3.63) is 65.5 Å². The van der Waals surface area contributed by atoms with Gasteiger partial charge in [0, 0.05) is 57.5 Å². The number of nitrogens with zero attached hydrogens (tertiary/aromatic N) is 4. The summed E-state index contributed by atoms with van der Waals surface area (Å²) in [5.74, 6) is -1.36. The molecule has 0 spiro atoms. The quantitative estimate of drug-likeness (QED) is 0.0790. The van der Waals surface area contributed by atoms with Crippen LogP contribution in [0.3, 0.4) is 0 Å². The molecule has 0 aliphatic rings. The molecule has 0 aliphatic carbocycles. The predicted molar refractivity (Wildman–Crippen MR) is 238 cm³/mol. The molecule has 0 aliphatic heterocycles. The second kappa shape index (κ2) is 24.6. The lowest BCUT2D eigenvalue weighted by Crippen LogP contribution is -2.47. The lowest BCUT2D eigenvalue weighted by molar-refractivity contribution is -0.160. The third kappa shape index (κ3) is 26.1. The van der Waals surface area contributed by atoms with Crippen LogP contribution in [0.15, 0.2) is 48.8 Å². The Bertz CT molecular complexity index is 1640. The molecule has 342 valence electrons. The summed E-state index contributed by atoms with van der Waals surface area (Å²) in [5.41, 5.74) is 0.808. The number of pyridine rings is 1. The smallest absolute Gasteiger partial charge is 0.320 e. The number of ether oxygens (including phenoxy) is 4. The summed E-state index contributed by atoms with van der Waals surface area (Å²) in [4.78, 5) is 75.0. The third-order valence-electron chi connectivity index (χ3n) is 8.92. The summed E-state index contributed by atoms with van der Waals surface area (Å²) < 4.78 is 22.6. The highest BCUT2D eigenvalue weighted by Crippen LogP contribution is 2.17. The van der Waals surface area contributed by atoms with Crippen molar-refractivity contribution in [2.24, 2.45) is 11.3 Å². The third-order valence-corrected chi connectivity index (χ3v) is 8.92. The molecule has 13 heteroatoms. The predicted octanol–water partition coefficient (Wildman–Crippen LogP) is 6.53. The van der Waals surface area contributed by atoms with E-state index < -0.39 is 28.7 Å². The topological polar surface area (TPSA) is 145 Å². The van der Waals surface area contributed by atoms with Crippen LogP contribution in [0.25, 0.3) is 0 Å². The van der Waals surface area contributed by atoms with Gasteiger partial charge in [-0.1, -0.05) is 58.0 Å². The van der Waals surface area contributed by atoms with E-state index in [1.165, 1.54) is 0 Å². The standard InChI is InChI=1S/C48H76N4O9/c1-36(27-39-15-14-22-49-28-39)41(54)34-58-33-38-18-16-37(17-19-38)20-21-40(53)29-50(24-26-52(35-45(2,3)4)32-44(57)61-48(11,12)13)23-25-51(30-42(55)59-46(5,6)7)31-43(56)60-47(8,9)10/h14-19,22,28,36H,20-21,23-27,29-35H2,1-13H3/t36-/m1/s1. The average Bonchev–Trinajstić information content (AvgIpc) is 3.09. The molecule has 13 nitrogen and oxygen atoms in total. The molecule has 0 amide bonds. The van der Waals surface area contributed by atoms with E-state index in [2.05, 4.69) is 30.7 Å². The highest BCUT2D eigenvalue weighted by molar-refractivity contribution is 5.82. The van der Waals surface area contributed by atoms with Crippen LogP contribution in [0.4, 0.5) is 0 Å². The van der Waals surface area contributed by atoms with Gasteiger partial charge in [-0.15, -0.1) is 0 Å². The van der Waals surface area contributed by atoms with Gasteiger partial charge in [-0.3, -0.25) is 43.7 Å². The van der Waals surface area contributed by atoms with Gasteiger partial charge in [-0.05, 0) is 103 Å². The molecular weight excluding hydrogens is 777 g/mol. The molecular formula is C48H76N4O9. The SMILES string of the molecule is C[C@H](Cc1cccnc1)C(=O)COCc1ccc(CCC(=O)CN(CCN(CC(=O)OC(C)(C)C)CC(=O)OC(C)(C)C)CCN(CC(=O)OC(C)(C)C)CC(C)(C)C)cc1. The van der Waals surface area contributed by atoms with E-state index in [9.17, 15) is 24.0 Å². The van der Waals surface area contributed by atoms with Crippen LogP contribution in [0.5, 0.6) is 0 Å². The summed E-state index contributed by atoms with van der Waals surface area (Å²) in [6.07, 6.45) is 4.94. The summed E-state index contributed by atoms with van der Waals surface area (Å²) in [7, 11) is 0. The Labute approximate surface area is 366 Å². The summed E-state index contributed by atoms with van der Waals surface area (Å²) in [5, 5.41) is 0. The number of hydrogen-bond acceptors (Lipinski definition) is 13. The molecule has 61 heavy (non-hydrogen) atoms. The number of aromatic nitrogens is 1. The van der Waals surface area contributed by atoms with E-state index in [0.717, 1.165) is 16.7 Å². The van der Waals surface area contributed by atoms with E-state index in [-0.39, 0.29) is 68.2 Å². The van der Waals surface area contributed by atoms with Crippen molar-refractivity contribution in [1.82, 2.24) is 19.7 Å². The van der Waals surface area contributed by atoms with E-state index in [1.807, 2.05) is 69.0 Å². The molecule has 2 aromatic rings. The van der Waals surface area contributed by atoms with Crippen LogP contribution in [-0.4, -0.2) is 131 Å². The van der Waals surface area contributed by atoms with Crippen LogP contribution < -0.4 is 0 Å². The van der Waals surface area contributed by atoms with Crippen LogP contribution in [-0.2, 0) is 62.4 Å². The van der Waals surface area contributed by atoms with Crippen molar-refractivity contribution in [3.63, 3.8) is 0 Å². The number of rotatable bonds is 25. The molecule has 0 saturated carbocycles. The first-order chi connectivity index (χ1) is 28.1. The minimum atomic E-state index is -0.702. The maximum atomic E-state index is 13.6. The van der Waals surface area contributed by atoms with E-state index in [1.54, 1.807) is 58.8 Å². The van der Waals surface area contributed by atoms with Crippen molar-refractivity contribution in [2.75, 3.05) is 65.5 Å². The highest BCUT2D eigenvalue weighted by atomic mass is 16.6. The Kier molecular flexibility index (Phi) is 21.4. The Morgan fingerprint density at radius 2 is 1.08 bits per heavy atom. The van der Waals surface area contributed by atoms with Gasteiger partial charge in [0.1, 0.15) is 29.2 Å². The number of carbonyl (C=O) groups excluding carboxylic acids is 5. The monoisotopic (exact) mass is 853 g/mol. The number of ketones is 2.